The molecule has 1 fully saturated rings. The lowest BCUT2D eigenvalue weighted by Gasteiger charge is -2.26. The van der Waals surface area contributed by atoms with Crippen LogP contribution in [0.3, 0.4) is 0 Å². The topological polar surface area (TPSA) is 66.8 Å². The number of carbonyl (C=O) groups is 2. The van der Waals surface area contributed by atoms with E-state index in [0.29, 0.717) is 13.0 Å². The molecule has 0 spiro atoms. The Balaban J connectivity index is 2.61. The Labute approximate surface area is 89.0 Å². The molecule has 1 N–H and O–H groups in total. The molecule has 0 saturated carbocycles. The molecular formula is C10H17NO4. The molecule has 86 valence electrons. The van der Waals surface area contributed by atoms with Crippen molar-refractivity contribution in [3.63, 3.8) is 0 Å². The number of nitrogens with zero attached hydrogens (tertiary/aromatic N) is 1. The van der Waals surface area contributed by atoms with Crippen LogP contribution in [-0.4, -0.2) is 48.2 Å². The van der Waals surface area contributed by atoms with Gasteiger partial charge in [0.25, 0.3) is 0 Å². The Morgan fingerprint density at radius 3 is 2.67 bits per heavy atom. The monoisotopic (exact) mass is 215 g/mol. The Bertz CT molecular complexity index is 254. The number of hydrogen-bond acceptors (Lipinski definition) is 3. The molecule has 15 heavy (non-hydrogen) atoms. The lowest BCUT2D eigenvalue weighted by Crippen LogP contribution is -2.44. The van der Waals surface area contributed by atoms with E-state index in [9.17, 15) is 9.59 Å². The highest BCUT2D eigenvalue weighted by Crippen LogP contribution is 2.19. The van der Waals surface area contributed by atoms with Gasteiger partial charge in [0, 0.05) is 13.5 Å². The molecule has 5 nitrogen and oxygen atoms in total. The number of likely N-dealkylation sites (N-methyl/N-ethyl adjacent to an activating group) is 1. The normalized spacial score (nSPS) is 25.2. The van der Waals surface area contributed by atoms with Crippen LogP contribution in [0.1, 0.15) is 19.8 Å². The largest absolute Gasteiger partial charge is 0.481 e. The van der Waals surface area contributed by atoms with Crippen LogP contribution in [0.5, 0.6) is 0 Å². The standard InChI is InChI=1S/C10H17NO4/c1-3-4-9(12)11(2)8-6-15-5-7(8)10(13)14/h7-8H,3-6H2,1-2H3,(H,13,14). The molecule has 1 heterocycles. The summed E-state index contributed by atoms with van der Waals surface area (Å²) in [5, 5.41) is 8.93. The summed E-state index contributed by atoms with van der Waals surface area (Å²) >= 11 is 0. The number of carbonyl (C=O) groups excluding carboxylic acids is 1. The summed E-state index contributed by atoms with van der Waals surface area (Å²) in [4.78, 5) is 24.0. The van der Waals surface area contributed by atoms with Crippen LogP contribution in [0, 0.1) is 5.92 Å². The first-order valence-corrected chi connectivity index (χ1v) is 5.14. The van der Waals surface area contributed by atoms with Gasteiger partial charge in [0.1, 0.15) is 5.92 Å². The van der Waals surface area contributed by atoms with Gasteiger partial charge in [0.05, 0.1) is 19.3 Å². The van der Waals surface area contributed by atoms with Crippen LogP contribution < -0.4 is 0 Å². The number of aliphatic carboxylic acids is 1. The van der Waals surface area contributed by atoms with Gasteiger partial charge in [-0.3, -0.25) is 9.59 Å². The van der Waals surface area contributed by atoms with E-state index in [-0.39, 0.29) is 18.6 Å². The fraction of sp³-hybridized carbons (Fsp3) is 0.800. The number of carboxylic acid groups (broad SMARTS) is 1. The first-order chi connectivity index (χ1) is 7.07. The Morgan fingerprint density at radius 1 is 1.47 bits per heavy atom. The Morgan fingerprint density at radius 2 is 2.13 bits per heavy atom. The molecule has 0 aromatic heterocycles. The third-order valence-corrected chi connectivity index (χ3v) is 2.72. The number of amides is 1. The zero-order chi connectivity index (χ0) is 11.4. The molecule has 5 heteroatoms. The van der Waals surface area contributed by atoms with Gasteiger partial charge in [0.2, 0.25) is 5.91 Å². The average molecular weight is 215 g/mol. The van der Waals surface area contributed by atoms with Crippen molar-refractivity contribution >= 4 is 11.9 Å². The fourth-order valence-corrected chi connectivity index (χ4v) is 1.74. The van der Waals surface area contributed by atoms with Crippen molar-refractivity contribution in [2.75, 3.05) is 20.3 Å². The van der Waals surface area contributed by atoms with Crippen molar-refractivity contribution in [2.24, 2.45) is 5.92 Å². The summed E-state index contributed by atoms with van der Waals surface area (Å²) in [6.07, 6.45) is 1.23. The fourth-order valence-electron chi connectivity index (χ4n) is 1.74. The van der Waals surface area contributed by atoms with Crippen molar-refractivity contribution in [3.8, 4) is 0 Å². The summed E-state index contributed by atoms with van der Waals surface area (Å²) in [5.41, 5.74) is 0. The maximum absolute atomic E-state index is 11.6. The van der Waals surface area contributed by atoms with Gasteiger partial charge < -0.3 is 14.7 Å². The molecule has 0 bridgehead atoms. The molecule has 1 aliphatic rings. The van der Waals surface area contributed by atoms with Crippen LogP contribution in [0.25, 0.3) is 0 Å². The number of hydrogen-bond donors (Lipinski definition) is 1. The van der Waals surface area contributed by atoms with Crippen molar-refractivity contribution in [1.29, 1.82) is 0 Å². The molecule has 2 atom stereocenters. The minimum Gasteiger partial charge on any atom is -0.481 e. The van der Waals surface area contributed by atoms with E-state index in [2.05, 4.69) is 0 Å². The second-order valence-corrected chi connectivity index (χ2v) is 3.80. The molecule has 0 aromatic carbocycles. The van der Waals surface area contributed by atoms with Crippen molar-refractivity contribution in [2.45, 2.75) is 25.8 Å². The smallest absolute Gasteiger partial charge is 0.311 e. The molecule has 0 aromatic rings. The van der Waals surface area contributed by atoms with Crippen LogP contribution >= 0.6 is 0 Å². The predicted octanol–water partition coefficient (Wildman–Crippen LogP) is 0.344. The summed E-state index contributed by atoms with van der Waals surface area (Å²) < 4.78 is 5.11. The highest BCUT2D eigenvalue weighted by molar-refractivity contribution is 5.78. The Kier molecular flexibility index (Phi) is 4.08. The van der Waals surface area contributed by atoms with Gasteiger partial charge in [-0.15, -0.1) is 0 Å². The Hall–Kier alpha value is -1.10. The summed E-state index contributed by atoms with van der Waals surface area (Å²) in [6.45, 7) is 2.44. The average Bonchev–Trinajstić information content (AvgIpc) is 2.65. The third kappa shape index (κ3) is 2.68. The van der Waals surface area contributed by atoms with E-state index in [1.54, 1.807) is 7.05 Å². The second-order valence-electron chi connectivity index (χ2n) is 3.80. The van der Waals surface area contributed by atoms with E-state index >= 15 is 0 Å². The van der Waals surface area contributed by atoms with E-state index < -0.39 is 11.9 Å². The summed E-state index contributed by atoms with van der Waals surface area (Å²) in [5.74, 6) is -1.50. The van der Waals surface area contributed by atoms with Crippen LogP contribution in [0.2, 0.25) is 0 Å². The predicted molar refractivity (Wildman–Crippen MR) is 53.4 cm³/mol. The summed E-state index contributed by atoms with van der Waals surface area (Å²) in [6, 6.07) is -0.318. The van der Waals surface area contributed by atoms with Gasteiger partial charge in [-0.25, -0.2) is 0 Å². The molecular weight excluding hydrogens is 198 g/mol. The molecule has 0 radical (unpaired) electrons. The summed E-state index contributed by atoms with van der Waals surface area (Å²) in [7, 11) is 1.65. The highest BCUT2D eigenvalue weighted by Gasteiger charge is 2.38. The van der Waals surface area contributed by atoms with Crippen LogP contribution in [0.4, 0.5) is 0 Å². The molecule has 1 rings (SSSR count). The van der Waals surface area contributed by atoms with E-state index in [1.807, 2.05) is 6.92 Å². The molecule has 2 unspecified atom stereocenters. The maximum Gasteiger partial charge on any atom is 0.311 e. The van der Waals surface area contributed by atoms with Gasteiger partial charge in [-0.05, 0) is 6.42 Å². The van der Waals surface area contributed by atoms with Crippen LogP contribution in [0.15, 0.2) is 0 Å². The van der Waals surface area contributed by atoms with Crippen molar-refractivity contribution < 1.29 is 19.4 Å². The lowest BCUT2D eigenvalue weighted by atomic mass is 10.0. The minimum absolute atomic E-state index is 0.0146. The van der Waals surface area contributed by atoms with Gasteiger partial charge in [-0.1, -0.05) is 6.92 Å². The first-order valence-electron chi connectivity index (χ1n) is 5.14. The van der Waals surface area contributed by atoms with Crippen molar-refractivity contribution in [1.82, 2.24) is 4.90 Å². The molecule has 1 aliphatic heterocycles. The SMILES string of the molecule is CCCC(=O)N(C)C1COCC1C(=O)O. The van der Waals surface area contributed by atoms with Crippen molar-refractivity contribution in [3.05, 3.63) is 0 Å². The number of ether oxygens (including phenoxy) is 1. The molecule has 1 saturated heterocycles. The van der Waals surface area contributed by atoms with Gasteiger partial charge in [-0.2, -0.15) is 0 Å². The third-order valence-electron chi connectivity index (χ3n) is 2.72. The zero-order valence-electron chi connectivity index (χ0n) is 9.10. The first kappa shape index (κ1) is 12.0. The van der Waals surface area contributed by atoms with Gasteiger partial charge in [0.15, 0.2) is 0 Å². The second kappa shape index (κ2) is 5.11. The zero-order valence-corrected chi connectivity index (χ0v) is 9.10. The molecule has 0 aliphatic carbocycles. The lowest BCUT2D eigenvalue weighted by molar-refractivity contribution is -0.144. The van der Waals surface area contributed by atoms with Gasteiger partial charge >= 0.3 is 5.97 Å². The van der Waals surface area contributed by atoms with E-state index in [4.69, 9.17) is 9.84 Å². The highest BCUT2D eigenvalue weighted by atomic mass is 16.5. The number of carboxylic acids is 1. The maximum atomic E-state index is 11.6. The van der Waals surface area contributed by atoms with E-state index in [0.717, 1.165) is 6.42 Å². The molecule has 1 amide bonds. The number of rotatable bonds is 4. The van der Waals surface area contributed by atoms with Crippen LogP contribution in [-0.2, 0) is 14.3 Å². The quantitative estimate of drug-likeness (QED) is 0.734. The minimum atomic E-state index is -0.895. The van der Waals surface area contributed by atoms with E-state index in [1.165, 1.54) is 4.90 Å².